The SMILES string of the molecule is CN1CC=CCC2(CCN(CC(=O)Nc3ccc(F)cc3)CC2)C1=O. The minimum atomic E-state index is -0.327. The van der Waals surface area contributed by atoms with Gasteiger partial charge in [0.1, 0.15) is 5.82 Å². The zero-order valence-electron chi connectivity index (χ0n) is 14.5. The van der Waals surface area contributed by atoms with Crippen LogP contribution in [-0.4, -0.2) is 54.8 Å². The highest BCUT2D eigenvalue weighted by atomic mass is 19.1. The number of amides is 2. The summed E-state index contributed by atoms with van der Waals surface area (Å²) in [5.41, 5.74) is 0.275. The van der Waals surface area contributed by atoms with Gasteiger partial charge in [0.05, 0.1) is 12.0 Å². The number of carbonyl (C=O) groups excluding carboxylic acids is 2. The van der Waals surface area contributed by atoms with Crippen molar-refractivity contribution < 1.29 is 14.0 Å². The third-order valence-corrected chi connectivity index (χ3v) is 5.16. The largest absolute Gasteiger partial charge is 0.342 e. The lowest BCUT2D eigenvalue weighted by molar-refractivity contribution is -0.142. The molecule has 1 fully saturated rings. The third kappa shape index (κ3) is 4.07. The van der Waals surface area contributed by atoms with E-state index in [1.807, 2.05) is 7.05 Å². The summed E-state index contributed by atoms with van der Waals surface area (Å²) in [7, 11) is 1.85. The molecule has 0 saturated carbocycles. The first-order valence-electron chi connectivity index (χ1n) is 8.67. The van der Waals surface area contributed by atoms with Crippen molar-refractivity contribution in [1.29, 1.82) is 0 Å². The van der Waals surface area contributed by atoms with E-state index in [-0.39, 0.29) is 29.6 Å². The number of benzene rings is 1. The monoisotopic (exact) mass is 345 g/mol. The molecule has 1 aromatic rings. The van der Waals surface area contributed by atoms with Gasteiger partial charge >= 0.3 is 0 Å². The van der Waals surface area contributed by atoms with Gasteiger partial charge < -0.3 is 10.2 Å². The molecule has 3 rings (SSSR count). The van der Waals surface area contributed by atoms with E-state index in [1.165, 1.54) is 12.1 Å². The summed E-state index contributed by atoms with van der Waals surface area (Å²) >= 11 is 0. The Kier molecular flexibility index (Phi) is 5.18. The highest BCUT2D eigenvalue weighted by Crippen LogP contribution is 2.38. The molecule has 0 unspecified atom stereocenters. The van der Waals surface area contributed by atoms with Crippen molar-refractivity contribution in [3.8, 4) is 0 Å². The van der Waals surface area contributed by atoms with Crippen LogP contribution in [0.4, 0.5) is 10.1 Å². The van der Waals surface area contributed by atoms with Crippen molar-refractivity contribution in [2.45, 2.75) is 19.3 Å². The number of likely N-dealkylation sites (tertiary alicyclic amines) is 1. The average Bonchev–Trinajstić information content (AvgIpc) is 2.73. The van der Waals surface area contributed by atoms with Gasteiger partial charge in [-0.2, -0.15) is 0 Å². The Labute approximate surface area is 147 Å². The van der Waals surface area contributed by atoms with E-state index >= 15 is 0 Å². The molecule has 6 heteroatoms. The van der Waals surface area contributed by atoms with E-state index in [1.54, 1.807) is 17.0 Å². The zero-order valence-corrected chi connectivity index (χ0v) is 14.5. The maximum absolute atomic E-state index is 12.9. The first-order valence-corrected chi connectivity index (χ1v) is 8.67. The van der Waals surface area contributed by atoms with Gasteiger partial charge in [-0.15, -0.1) is 0 Å². The number of allylic oxidation sites excluding steroid dienone is 1. The first-order chi connectivity index (χ1) is 12.0. The van der Waals surface area contributed by atoms with Crippen LogP contribution in [0.2, 0.25) is 0 Å². The normalized spacial score (nSPS) is 20.6. The number of likely N-dealkylation sites (N-methyl/N-ethyl adjacent to an activating group) is 1. The van der Waals surface area contributed by atoms with Gasteiger partial charge in [-0.25, -0.2) is 4.39 Å². The summed E-state index contributed by atoms with van der Waals surface area (Å²) in [6.07, 6.45) is 6.48. The van der Waals surface area contributed by atoms with E-state index in [0.717, 1.165) is 32.4 Å². The topological polar surface area (TPSA) is 52.6 Å². The molecule has 2 heterocycles. The Bertz CT molecular complexity index is 664. The molecule has 134 valence electrons. The van der Waals surface area contributed by atoms with Crippen LogP contribution in [0.25, 0.3) is 0 Å². The predicted molar refractivity (Wildman–Crippen MR) is 94.5 cm³/mol. The van der Waals surface area contributed by atoms with Gasteiger partial charge in [-0.1, -0.05) is 12.2 Å². The van der Waals surface area contributed by atoms with Crippen molar-refractivity contribution in [3.05, 3.63) is 42.2 Å². The number of anilines is 1. The molecule has 0 radical (unpaired) electrons. The van der Waals surface area contributed by atoms with E-state index in [9.17, 15) is 14.0 Å². The van der Waals surface area contributed by atoms with Crippen molar-refractivity contribution in [1.82, 2.24) is 9.80 Å². The van der Waals surface area contributed by atoms with Gasteiger partial charge in [0.2, 0.25) is 11.8 Å². The lowest BCUT2D eigenvalue weighted by Crippen LogP contribution is -2.49. The number of halogens is 1. The van der Waals surface area contributed by atoms with E-state index in [4.69, 9.17) is 0 Å². The molecule has 25 heavy (non-hydrogen) atoms. The maximum atomic E-state index is 12.9. The molecule has 0 bridgehead atoms. The van der Waals surface area contributed by atoms with Crippen molar-refractivity contribution >= 4 is 17.5 Å². The van der Waals surface area contributed by atoms with Crippen molar-refractivity contribution in [2.75, 3.05) is 38.5 Å². The predicted octanol–water partition coefficient (Wildman–Crippen LogP) is 2.26. The minimum absolute atomic E-state index is 0.119. The van der Waals surface area contributed by atoms with Gasteiger partial charge in [0.25, 0.3) is 0 Å². The maximum Gasteiger partial charge on any atom is 0.238 e. The quantitative estimate of drug-likeness (QED) is 0.855. The Morgan fingerprint density at radius 3 is 2.56 bits per heavy atom. The highest BCUT2D eigenvalue weighted by molar-refractivity contribution is 5.92. The number of carbonyl (C=O) groups is 2. The Hall–Kier alpha value is -2.21. The number of rotatable bonds is 3. The van der Waals surface area contributed by atoms with Crippen LogP contribution in [-0.2, 0) is 9.59 Å². The number of piperidine rings is 1. The molecule has 1 saturated heterocycles. The second-order valence-corrected chi connectivity index (χ2v) is 6.97. The first kappa shape index (κ1) is 17.6. The molecule has 1 spiro atoms. The van der Waals surface area contributed by atoms with Crippen LogP contribution in [0.1, 0.15) is 19.3 Å². The second-order valence-electron chi connectivity index (χ2n) is 6.97. The third-order valence-electron chi connectivity index (χ3n) is 5.16. The fourth-order valence-electron chi connectivity index (χ4n) is 3.61. The Morgan fingerprint density at radius 1 is 1.20 bits per heavy atom. The fourth-order valence-corrected chi connectivity index (χ4v) is 3.61. The van der Waals surface area contributed by atoms with Gasteiger partial charge in [0, 0.05) is 19.3 Å². The Morgan fingerprint density at radius 2 is 1.88 bits per heavy atom. The summed E-state index contributed by atoms with van der Waals surface area (Å²) in [5, 5.41) is 2.78. The molecule has 5 nitrogen and oxygen atoms in total. The smallest absolute Gasteiger partial charge is 0.238 e. The number of nitrogens with zero attached hydrogens (tertiary/aromatic N) is 2. The molecule has 0 atom stereocenters. The molecule has 1 N–H and O–H groups in total. The molecular weight excluding hydrogens is 321 g/mol. The van der Waals surface area contributed by atoms with Crippen LogP contribution in [0.3, 0.4) is 0 Å². The van der Waals surface area contributed by atoms with Crippen molar-refractivity contribution in [2.24, 2.45) is 5.41 Å². The summed E-state index contributed by atoms with van der Waals surface area (Å²) in [4.78, 5) is 28.7. The second kappa shape index (κ2) is 7.35. The fraction of sp³-hybridized carbons (Fsp3) is 0.474. The van der Waals surface area contributed by atoms with E-state index < -0.39 is 0 Å². The molecule has 1 aromatic carbocycles. The average molecular weight is 345 g/mol. The Balaban J connectivity index is 1.53. The van der Waals surface area contributed by atoms with Crippen LogP contribution in [0.15, 0.2) is 36.4 Å². The molecular formula is C19H24FN3O2. The summed E-state index contributed by atoms with van der Waals surface area (Å²) in [5.74, 6) is -0.230. The lowest BCUT2D eigenvalue weighted by atomic mass is 9.74. The van der Waals surface area contributed by atoms with Gasteiger partial charge in [-0.05, 0) is 56.6 Å². The lowest BCUT2D eigenvalue weighted by Gasteiger charge is -2.41. The summed E-state index contributed by atoms with van der Waals surface area (Å²) in [6.45, 7) is 2.41. The summed E-state index contributed by atoms with van der Waals surface area (Å²) in [6, 6.07) is 5.74. The zero-order chi connectivity index (χ0) is 17.9. The van der Waals surface area contributed by atoms with Crippen molar-refractivity contribution in [3.63, 3.8) is 0 Å². The van der Waals surface area contributed by atoms with Crippen LogP contribution in [0.5, 0.6) is 0 Å². The summed E-state index contributed by atoms with van der Waals surface area (Å²) < 4.78 is 12.9. The number of hydrogen-bond acceptors (Lipinski definition) is 3. The molecule has 0 aromatic heterocycles. The molecule has 2 amide bonds. The van der Waals surface area contributed by atoms with Crippen LogP contribution < -0.4 is 5.32 Å². The van der Waals surface area contributed by atoms with Gasteiger partial charge in [0.15, 0.2) is 0 Å². The minimum Gasteiger partial charge on any atom is -0.342 e. The van der Waals surface area contributed by atoms with Crippen LogP contribution in [0, 0.1) is 11.2 Å². The standard InChI is InChI=1S/C19H24FN3O2/c1-22-11-3-2-8-19(18(22)25)9-12-23(13-10-19)14-17(24)21-16-6-4-15(20)5-7-16/h2-7H,8-14H2,1H3,(H,21,24). The molecule has 2 aliphatic heterocycles. The molecule has 0 aliphatic carbocycles. The number of nitrogens with one attached hydrogen (secondary N) is 1. The van der Waals surface area contributed by atoms with Gasteiger partial charge in [-0.3, -0.25) is 14.5 Å². The van der Waals surface area contributed by atoms with E-state index in [2.05, 4.69) is 22.4 Å². The van der Waals surface area contributed by atoms with E-state index in [0.29, 0.717) is 12.2 Å². The highest BCUT2D eigenvalue weighted by Gasteiger charge is 2.42. The number of hydrogen-bond donors (Lipinski definition) is 1. The molecule has 2 aliphatic rings. The van der Waals surface area contributed by atoms with Crippen LogP contribution >= 0.6 is 0 Å².